The zero-order valence-corrected chi connectivity index (χ0v) is 14.7. The van der Waals surface area contributed by atoms with Gasteiger partial charge in [-0.05, 0) is 34.9 Å². The molecule has 0 aromatic heterocycles. The number of fused-ring (bicyclic) bond motifs is 1. The summed E-state index contributed by atoms with van der Waals surface area (Å²) in [6, 6.07) is 3.26. The van der Waals surface area contributed by atoms with Crippen molar-refractivity contribution in [2.75, 3.05) is 0 Å². The van der Waals surface area contributed by atoms with Crippen LogP contribution in [0.15, 0.2) is 12.1 Å². The van der Waals surface area contributed by atoms with Crippen LogP contribution in [0.25, 0.3) is 10.8 Å². The van der Waals surface area contributed by atoms with Crippen LogP contribution < -0.4 is 0 Å². The highest BCUT2D eigenvalue weighted by Gasteiger charge is 2.26. The first-order valence-corrected chi connectivity index (χ1v) is 7.76. The van der Waals surface area contributed by atoms with Crippen LogP contribution in [0, 0.1) is 5.41 Å². The molecule has 0 spiro atoms. The van der Waals surface area contributed by atoms with Gasteiger partial charge in [0.05, 0.1) is 0 Å². The van der Waals surface area contributed by atoms with E-state index >= 15 is 0 Å². The topological polar surface area (TPSA) is 80.9 Å². The largest absolute Gasteiger partial charge is 0.504 e. The third-order valence-electron chi connectivity index (χ3n) is 3.94. The molecule has 0 heterocycles. The van der Waals surface area contributed by atoms with Crippen molar-refractivity contribution >= 4 is 10.8 Å². The summed E-state index contributed by atoms with van der Waals surface area (Å²) >= 11 is 0. The van der Waals surface area contributed by atoms with Crippen LogP contribution in [0.1, 0.15) is 52.7 Å². The Hall–Kier alpha value is -2.10. The molecule has 0 unspecified atom stereocenters. The molecule has 0 aliphatic rings. The Labute approximate surface area is 137 Å². The smallest absolute Gasteiger partial charge is 0.165 e. The highest BCUT2D eigenvalue weighted by Crippen LogP contribution is 2.48. The minimum Gasteiger partial charge on any atom is -0.504 e. The molecule has 4 nitrogen and oxygen atoms in total. The van der Waals surface area contributed by atoms with Gasteiger partial charge in [-0.25, -0.2) is 0 Å². The van der Waals surface area contributed by atoms with Gasteiger partial charge >= 0.3 is 0 Å². The van der Waals surface area contributed by atoms with E-state index in [9.17, 15) is 20.4 Å². The third-order valence-corrected chi connectivity index (χ3v) is 3.94. The maximum Gasteiger partial charge on any atom is 0.165 e. The molecule has 0 aliphatic heterocycles. The number of hydrogen-bond donors (Lipinski definition) is 4. The zero-order valence-electron chi connectivity index (χ0n) is 14.7. The number of rotatable bonds is 1. The number of phenols is 4. The van der Waals surface area contributed by atoms with E-state index in [0.717, 1.165) is 0 Å². The molecule has 0 bridgehead atoms. The van der Waals surface area contributed by atoms with Crippen LogP contribution in [0.3, 0.4) is 0 Å². The van der Waals surface area contributed by atoms with Gasteiger partial charge in [0, 0.05) is 16.3 Å². The van der Waals surface area contributed by atoms with Gasteiger partial charge in [-0.1, -0.05) is 41.5 Å². The molecule has 0 fully saturated rings. The fourth-order valence-electron chi connectivity index (χ4n) is 2.82. The van der Waals surface area contributed by atoms with Crippen LogP contribution in [0.5, 0.6) is 23.0 Å². The molecular formula is C19H26O4. The first kappa shape index (κ1) is 17.3. The average molecular weight is 318 g/mol. The lowest BCUT2D eigenvalue weighted by Crippen LogP contribution is -2.12. The Bertz CT molecular complexity index is 762. The Morgan fingerprint density at radius 2 is 1.17 bits per heavy atom. The van der Waals surface area contributed by atoms with Crippen LogP contribution in [-0.4, -0.2) is 20.4 Å². The standard InChI is InChI=1S/C19H26O4/c1-18(2,3)9-10-7-11-12(15(21)14(10)20)8-13(19(4,5)6)17(23)16(11)22/h7-8,20-23H,9H2,1-6H3. The molecule has 2 aromatic carbocycles. The fourth-order valence-corrected chi connectivity index (χ4v) is 2.82. The van der Waals surface area contributed by atoms with Crippen molar-refractivity contribution in [3.05, 3.63) is 23.3 Å². The Morgan fingerprint density at radius 1 is 0.696 bits per heavy atom. The summed E-state index contributed by atoms with van der Waals surface area (Å²) in [6.45, 7) is 11.8. The van der Waals surface area contributed by atoms with Gasteiger partial charge in [-0.2, -0.15) is 0 Å². The van der Waals surface area contributed by atoms with E-state index in [-0.39, 0.29) is 28.4 Å². The molecule has 0 radical (unpaired) electrons. The summed E-state index contributed by atoms with van der Waals surface area (Å²) in [4.78, 5) is 0. The van der Waals surface area contributed by atoms with Gasteiger partial charge in [0.25, 0.3) is 0 Å². The van der Waals surface area contributed by atoms with Crippen LogP contribution >= 0.6 is 0 Å². The van der Waals surface area contributed by atoms with E-state index < -0.39 is 5.41 Å². The van der Waals surface area contributed by atoms with Crippen molar-refractivity contribution in [2.45, 2.75) is 53.4 Å². The second-order valence-corrected chi connectivity index (χ2v) is 8.44. The predicted octanol–water partition coefficient (Wildman–Crippen LogP) is 4.55. The molecule has 126 valence electrons. The van der Waals surface area contributed by atoms with E-state index in [0.29, 0.717) is 28.3 Å². The molecule has 23 heavy (non-hydrogen) atoms. The second-order valence-electron chi connectivity index (χ2n) is 8.44. The van der Waals surface area contributed by atoms with Crippen LogP contribution in [0.4, 0.5) is 0 Å². The van der Waals surface area contributed by atoms with Crippen molar-refractivity contribution in [1.29, 1.82) is 0 Å². The summed E-state index contributed by atoms with van der Waals surface area (Å²) < 4.78 is 0. The van der Waals surface area contributed by atoms with E-state index in [1.54, 1.807) is 12.1 Å². The minimum atomic E-state index is -0.415. The molecule has 0 saturated carbocycles. The van der Waals surface area contributed by atoms with E-state index in [1.165, 1.54) is 0 Å². The van der Waals surface area contributed by atoms with Crippen LogP contribution in [0.2, 0.25) is 0 Å². The summed E-state index contributed by atoms with van der Waals surface area (Å²) in [5.41, 5.74) is 0.546. The van der Waals surface area contributed by atoms with Gasteiger partial charge in [-0.3, -0.25) is 0 Å². The second kappa shape index (κ2) is 5.22. The minimum absolute atomic E-state index is 0.0966. The fraction of sp³-hybridized carbons (Fsp3) is 0.474. The van der Waals surface area contributed by atoms with Crippen molar-refractivity contribution in [3.63, 3.8) is 0 Å². The van der Waals surface area contributed by atoms with Gasteiger partial charge in [0.15, 0.2) is 23.0 Å². The first-order valence-electron chi connectivity index (χ1n) is 7.76. The lowest BCUT2D eigenvalue weighted by molar-refractivity contribution is 0.375. The highest BCUT2D eigenvalue weighted by molar-refractivity contribution is 5.98. The summed E-state index contributed by atoms with van der Waals surface area (Å²) in [6.07, 6.45) is 0.531. The van der Waals surface area contributed by atoms with E-state index in [1.807, 2.05) is 41.5 Å². The number of benzene rings is 2. The van der Waals surface area contributed by atoms with Crippen LogP contribution in [-0.2, 0) is 11.8 Å². The lowest BCUT2D eigenvalue weighted by Gasteiger charge is -2.24. The molecule has 0 amide bonds. The number of aromatic hydroxyl groups is 4. The lowest BCUT2D eigenvalue weighted by atomic mass is 9.83. The maximum absolute atomic E-state index is 10.4. The number of phenolic OH excluding ortho intramolecular Hbond substituents is 4. The summed E-state index contributed by atoms with van der Waals surface area (Å²) in [5, 5.41) is 42.1. The molecule has 4 N–H and O–H groups in total. The molecular weight excluding hydrogens is 292 g/mol. The molecule has 4 heteroatoms. The summed E-state index contributed by atoms with van der Waals surface area (Å²) in [5.74, 6) is -0.880. The van der Waals surface area contributed by atoms with Gasteiger partial charge in [0.1, 0.15) is 0 Å². The highest BCUT2D eigenvalue weighted by atomic mass is 16.3. The predicted molar refractivity (Wildman–Crippen MR) is 92.5 cm³/mol. The Kier molecular flexibility index (Phi) is 3.92. The molecule has 0 aliphatic carbocycles. The van der Waals surface area contributed by atoms with E-state index in [4.69, 9.17) is 0 Å². The van der Waals surface area contributed by atoms with Gasteiger partial charge in [-0.15, -0.1) is 0 Å². The van der Waals surface area contributed by atoms with E-state index in [2.05, 4.69) is 0 Å². The summed E-state index contributed by atoms with van der Waals surface area (Å²) in [7, 11) is 0. The molecule has 2 aromatic rings. The number of hydrogen-bond acceptors (Lipinski definition) is 4. The van der Waals surface area contributed by atoms with Crippen molar-refractivity contribution < 1.29 is 20.4 Å². The molecule has 2 rings (SSSR count). The van der Waals surface area contributed by atoms with Gasteiger partial charge < -0.3 is 20.4 Å². The Balaban J connectivity index is 2.83. The molecule has 0 atom stereocenters. The zero-order chi connectivity index (χ0) is 17.7. The monoisotopic (exact) mass is 318 g/mol. The average Bonchev–Trinajstić information content (AvgIpc) is 2.37. The SMILES string of the molecule is CC(C)(C)Cc1cc2c(O)c(O)c(C(C)(C)C)cc2c(O)c1O. The van der Waals surface area contributed by atoms with Gasteiger partial charge in [0.2, 0.25) is 0 Å². The first-order chi connectivity index (χ1) is 10.3. The molecule has 0 saturated heterocycles. The Morgan fingerprint density at radius 3 is 1.65 bits per heavy atom. The third kappa shape index (κ3) is 3.16. The van der Waals surface area contributed by atoms with Crippen molar-refractivity contribution in [2.24, 2.45) is 5.41 Å². The van der Waals surface area contributed by atoms with Crippen molar-refractivity contribution in [3.8, 4) is 23.0 Å². The van der Waals surface area contributed by atoms with Crippen molar-refractivity contribution in [1.82, 2.24) is 0 Å². The quantitative estimate of drug-likeness (QED) is 0.582. The maximum atomic E-state index is 10.4. The normalized spacial score (nSPS) is 12.8.